The SMILES string of the molecule is Cc1coc(C)c1-c1c(-c2ccc(O)cc2)c(Br)n(C)c1/C(N)=N/O. The Morgan fingerprint density at radius 2 is 1.80 bits per heavy atom. The van der Waals surface area contributed by atoms with E-state index in [9.17, 15) is 10.3 Å². The minimum absolute atomic E-state index is 0.00299. The highest BCUT2D eigenvalue weighted by molar-refractivity contribution is 9.10. The van der Waals surface area contributed by atoms with Gasteiger partial charge < -0.3 is 25.0 Å². The quantitative estimate of drug-likeness (QED) is 0.265. The van der Waals surface area contributed by atoms with Gasteiger partial charge in [0.15, 0.2) is 5.84 Å². The topological polar surface area (TPSA) is 96.9 Å². The molecule has 0 amide bonds. The maximum absolute atomic E-state index is 9.60. The van der Waals surface area contributed by atoms with Crippen molar-refractivity contribution in [3.63, 3.8) is 0 Å². The molecule has 0 aliphatic heterocycles. The third-order valence-corrected chi connectivity index (χ3v) is 5.17. The van der Waals surface area contributed by atoms with E-state index in [1.165, 1.54) is 0 Å². The van der Waals surface area contributed by atoms with E-state index in [1.54, 1.807) is 18.4 Å². The predicted octanol–water partition coefficient (Wildman–Crippen LogP) is 4.13. The zero-order valence-electron chi connectivity index (χ0n) is 14.0. The number of aromatic hydroxyl groups is 1. The summed E-state index contributed by atoms with van der Waals surface area (Å²) in [5.74, 6) is 0.926. The molecular weight excluding hydrogens is 386 g/mol. The highest BCUT2D eigenvalue weighted by Crippen LogP contribution is 2.45. The number of phenols is 1. The van der Waals surface area contributed by atoms with Crippen LogP contribution in [-0.4, -0.2) is 20.7 Å². The average molecular weight is 404 g/mol. The van der Waals surface area contributed by atoms with Crippen LogP contribution in [-0.2, 0) is 7.05 Å². The van der Waals surface area contributed by atoms with Crippen LogP contribution in [0, 0.1) is 13.8 Å². The molecule has 0 unspecified atom stereocenters. The minimum atomic E-state index is 0.00299. The Bertz CT molecular complexity index is 949. The Kier molecular flexibility index (Phi) is 4.34. The van der Waals surface area contributed by atoms with Gasteiger partial charge >= 0.3 is 0 Å². The molecule has 0 aliphatic rings. The van der Waals surface area contributed by atoms with Crippen molar-refractivity contribution in [2.75, 3.05) is 0 Å². The van der Waals surface area contributed by atoms with E-state index in [-0.39, 0.29) is 11.6 Å². The molecule has 25 heavy (non-hydrogen) atoms. The lowest BCUT2D eigenvalue weighted by Crippen LogP contribution is -2.18. The fourth-order valence-electron chi connectivity index (χ4n) is 3.08. The van der Waals surface area contributed by atoms with Crippen LogP contribution >= 0.6 is 15.9 Å². The summed E-state index contributed by atoms with van der Waals surface area (Å²) in [6.07, 6.45) is 1.68. The smallest absolute Gasteiger partial charge is 0.187 e. The summed E-state index contributed by atoms with van der Waals surface area (Å²) in [5, 5.41) is 22.0. The monoisotopic (exact) mass is 403 g/mol. The summed E-state index contributed by atoms with van der Waals surface area (Å²) in [4.78, 5) is 0. The summed E-state index contributed by atoms with van der Waals surface area (Å²) in [5.41, 5.74) is 10.9. The molecule has 0 fully saturated rings. The van der Waals surface area contributed by atoms with E-state index in [4.69, 9.17) is 10.2 Å². The van der Waals surface area contributed by atoms with Crippen LogP contribution in [0.25, 0.3) is 22.3 Å². The second-order valence-electron chi connectivity index (χ2n) is 5.83. The largest absolute Gasteiger partial charge is 0.508 e. The molecule has 0 radical (unpaired) electrons. The number of aromatic nitrogens is 1. The maximum atomic E-state index is 9.60. The molecule has 7 heteroatoms. The number of rotatable bonds is 3. The van der Waals surface area contributed by atoms with Gasteiger partial charge in [-0.3, -0.25) is 0 Å². The third-order valence-electron chi connectivity index (χ3n) is 4.24. The lowest BCUT2D eigenvalue weighted by Gasteiger charge is -2.09. The van der Waals surface area contributed by atoms with Crippen LogP contribution in [0.1, 0.15) is 17.0 Å². The molecule has 0 atom stereocenters. The van der Waals surface area contributed by atoms with E-state index in [0.29, 0.717) is 5.69 Å². The zero-order chi connectivity index (χ0) is 18.3. The summed E-state index contributed by atoms with van der Waals surface area (Å²) < 4.78 is 8.16. The summed E-state index contributed by atoms with van der Waals surface area (Å²) >= 11 is 3.62. The number of nitrogens with two attached hydrogens (primary N) is 1. The second kappa shape index (κ2) is 6.33. The van der Waals surface area contributed by atoms with Gasteiger partial charge in [0.05, 0.1) is 16.6 Å². The van der Waals surface area contributed by atoms with Gasteiger partial charge in [0.25, 0.3) is 0 Å². The van der Waals surface area contributed by atoms with Crippen LogP contribution in [0.2, 0.25) is 0 Å². The van der Waals surface area contributed by atoms with Crippen LogP contribution in [0.5, 0.6) is 5.75 Å². The number of nitrogens with zero attached hydrogens (tertiary/aromatic N) is 2. The Hall–Kier alpha value is -2.67. The van der Waals surface area contributed by atoms with E-state index in [1.807, 2.05) is 37.6 Å². The van der Waals surface area contributed by atoms with Gasteiger partial charge in [0, 0.05) is 23.7 Å². The Morgan fingerprint density at radius 1 is 1.16 bits per heavy atom. The van der Waals surface area contributed by atoms with Crippen LogP contribution in [0.15, 0.2) is 44.7 Å². The van der Waals surface area contributed by atoms with Gasteiger partial charge in [-0.15, -0.1) is 0 Å². The normalized spacial score (nSPS) is 11.9. The standard InChI is InChI=1S/C18H18BrN3O3/c1-9-8-25-10(2)13(9)15-14(11-4-6-12(23)7-5-11)17(19)22(3)16(15)18(20)21-24/h4-8,23-24H,1-3H3,(H2,20,21). The maximum Gasteiger partial charge on any atom is 0.187 e. The first-order valence-corrected chi connectivity index (χ1v) is 8.36. The number of phenolic OH excluding ortho intramolecular Hbond substituents is 1. The van der Waals surface area contributed by atoms with Crippen molar-refractivity contribution >= 4 is 21.8 Å². The molecule has 6 nitrogen and oxygen atoms in total. The number of benzene rings is 1. The molecule has 130 valence electrons. The number of aryl methyl sites for hydroxylation is 2. The fraction of sp³-hybridized carbons (Fsp3) is 0.167. The molecule has 4 N–H and O–H groups in total. The van der Waals surface area contributed by atoms with Gasteiger partial charge in [-0.1, -0.05) is 17.3 Å². The van der Waals surface area contributed by atoms with E-state index < -0.39 is 0 Å². The Balaban J connectivity index is 2.45. The van der Waals surface area contributed by atoms with E-state index in [2.05, 4.69) is 21.1 Å². The number of furan rings is 1. The number of hydrogen-bond acceptors (Lipinski definition) is 4. The molecule has 3 rings (SSSR count). The van der Waals surface area contributed by atoms with E-state index >= 15 is 0 Å². The molecule has 0 saturated heterocycles. The first-order chi connectivity index (χ1) is 11.9. The van der Waals surface area contributed by atoms with Gasteiger partial charge in [-0.05, 0) is 53.0 Å². The van der Waals surface area contributed by atoms with Crippen molar-refractivity contribution in [1.82, 2.24) is 4.57 Å². The molecule has 2 aromatic heterocycles. The number of halogens is 1. The van der Waals surface area contributed by atoms with Crippen molar-refractivity contribution in [1.29, 1.82) is 0 Å². The number of hydrogen-bond donors (Lipinski definition) is 3. The van der Waals surface area contributed by atoms with Crippen molar-refractivity contribution in [2.24, 2.45) is 17.9 Å². The molecular formula is C18H18BrN3O3. The molecule has 0 spiro atoms. The average Bonchev–Trinajstić information content (AvgIpc) is 3.05. The molecule has 0 saturated carbocycles. The van der Waals surface area contributed by atoms with Crippen molar-refractivity contribution in [3.05, 3.63) is 52.1 Å². The fourth-order valence-corrected chi connectivity index (χ4v) is 3.69. The highest BCUT2D eigenvalue weighted by Gasteiger charge is 2.27. The third kappa shape index (κ3) is 2.70. The lowest BCUT2D eigenvalue weighted by atomic mass is 9.94. The van der Waals surface area contributed by atoms with E-state index in [0.717, 1.165) is 38.2 Å². The summed E-state index contributed by atoms with van der Waals surface area (Å²) in [6.45, 7) is 3.82. The first kappa shape index (κ1) is 17.2. The van der Waals surface area contributed by atoms with Gasteiger partial charge in [-0.2, -0.15) is 0 Å². The molecule has 3 aromatic rings. The minimum Gasteiger partial charge on any atom is -0.508 e. The Morgan fingerprint density at radius 3 is 2.32 bits per heavy atom. The predicted molar refractivity (Wildman–Crippen MR) is 99.9 cm³/mol. The molecule has 0 bridgehead atoms. The lowest BCUT2D eigenvalue weighted by molar-refractivity contribution is 0.318. The summed E-state index contributed by atoms with van der Waals surface area (Å²) in [7, 11) is 1.83. The molecule has 0 aliphatic carbocycles. The van der Waals surface area contributed by atoms with Gasteiger partial charge in [0.2, 0.25) is 0 Å². The number of oxime groups is 1. The van der Waals surface area contributed by atoms with Crippen LogP contribution in [0.4, 0.5) is 0 Å². The van der Waals surface area contributed by atoms with Crippen molar-refractivity contribution in [2.45, 2.75) is 13.8 Å². The number of amidine groups is 1. The highest BCUT2D eigenvalue weighted by atomic mass is 79.9. The first-order valence-electron chi connectivity index (χ1n) is 7.57. The van der Waals surface area contributed by atoms with Crippen LogP contribution < -0.4 is 5.73 Å². The van der Waals surface area contributed by atoms with Crippen LogP contribution in [0.3, 0.4) is 0 Å². The second-order valence-corrected chi connectivity index (χ2v) is 6.58. The van der Waals surface area contributed by atoms with Crippen molar-refractivity contribution < 1.29 is 14.7 Å². The van der Waals surface area contributed by atoms with Gasteiger partial charge in [-0.25, -0.2) is 0 Å². The van der Waals surface area contributed by atoms with Crippen molar-refractivity contribution in [3.8, 4) is 28.0 Å². The molecule has 2 heterocycles. The zero-order valence-corrected chi connectivity index (χ0v) is 15.6. The van der Waals surface area contributed by atoms with Gasteiger partial charge in [0.1, 0.15) is 11.5 Å². The summed E-state index contributed by atoms with van der Waals surface area (Å²) in [6, 6.07) is 6.88. The molecule has 1 aromatic carbocycles. The Labute approximate surface area is 153 Å².